The quantitative estimate of drug-likeness (QED) is 0.691. The molecule has 0 unspecified atom stereocenters. The highest BCUT2D eigenvalue weighted by Gasteiger charge is 2.19. The molecule has 0 heterocycles. The van der Waals surface area contributed by atoms with Crippen LogP contribution in [0.4, 0.5) is 8.78 Å². The normalized spacial score (nSPS) is 10.7. The van der Waals surface area contributed by atoms with Gasteiger partial charge in [-0.2, -0.15) is 0 Å². The van der Waals surface area contributed by atoms with Crippen LogP contribution in [-0.4, -0.2) is 5.78 Å². The van der Waals surface area contributed by atoms with Crippen molar-refractivity contribution in [1.82, 2.24) is 0 Å². The first-order valence-corrected chi connectivity index (χ1v) is 4.41. The van der Waals surface area contributed by atoms with E-state index in [-0.39, 0.29) is 21.9 Å². The number of benzene rings is 1. The fourth-order valence-corrected chi connectivity index (χ4v) is 1.66. The van der Waals surface area contributed by atoms with Crippen LogP contribution in [0.2, 0.25) is 5.02 Å². The van der Waals surface area contributed by atoms with Gasteiger partial charge in [-0.05, 0) is 25.5 Å². The summed E-state index contributed by atoms with van der Waals surface area (Å²) in [6.45, 7) is 2.84. The first-order valence-electron chi connectivity index (χ1n) is 4.03. The van der Waals surface area contributed by atoms with Crippen LogP contribution in [0, 0.1) is 6.92 Å². The van der Waals surface area contributed by atoms with E-state index >= 15 is 0 Å². The summed E-state index contributed by atoms with van der Waals surface area (Å²) in [6.07, 6.45) is -2.65. The highest BCUT2D eigenvalue weighted by atomic mass is 35.5. The average Bonchev–Trinajstić information content (AvgIpc) is 2.02. The second-order valence-corrected chi connectivity index (χ2v) is 3.39. The Morgan fingerprint density at radius 1 is 1.43 bits per heavy atom. The summed E-state index contributed by atoms with van der Waals surface area (Å²) in [5, 5.41) is -0.132. The molecule has 0 spiro atoms. The topological polar surface area (TPSA) is 17.1 Å². The molecule has 0 bridgehead atoms. The van der Waals surface area contributed by atoms with Gasteiger partial charge in [0.1, 0.15) is 0 Å². The molecule has 0 saturated carbocycles. The molecule has 1 rings (SSSR count). The Morgan fingerprint density at radius 2 is 2.00 bits per heavy atom. The van der Waals surface area contributed by atoms with Crippen molar-refractivity contribution in [2.45, 2.75) is 20.3 Å². The van der Waals surface area contributed by atoms with Crippen molar-refractivity contribution < 1.29 is 13.6 Å². The number of rotatable bonds is 2. The monoisotopic (exact) mass is 218 g/mol. The van der Waals surface area contributed by atoms with Crippen molar-refractivity contribution >= 4 is 17.4 Å². The molecule has 1 aromatic rings. The molecule has 76 valence electrons. The minimum absolute atomic E-state index is 0.132. The summed E-state index contributed by atoms with van der Waals surface area (Å²) in [4.78, 5) is 11.0. The first-order chi connectivity index (χ1) is 6.45. The Balaban J connectivity index is 3.41. The zero-order valence-electron chi connectivity index (χ0n) is 7.77. The molecule has 0 aliphatic carbocycles. The first kappa shape index (κ1) is 11.1. The Morgan fingerprint density at radius 3 is 2.43 bits per heavy atom. The van der Waals surface area contributed by atoms with Crippen LogP contribution < -0.4 is 0 Å². The van der Waals surface area contributed by atoms with Crippen molar-refractivity contribution in [3.63, 3.8) is 0 Å². The average molecular weight is 219 g/mol. The Bertz CT molecular complexity index is 375. The van der Waals surface area contributed by atoms with E-state index in [0.29, 0.717) is 5.56 Å². The summed E-state index contributed by atoms with van der Waals surface area (Å²) in [7, 11) is 0. The Kier molecular flexibility index (Phi) is 3.21. The van der Waals surface area contributed by atoms with E-state index in [2.05, 4.69) is 0 Å². The van der Waals surface area contributed by atoms with Gasteiger partial charge in [0.15, 0.2) is 5.78 Å². The molecule has 0 radical (unpaired) electrons. The summed E-state index contributed by atoms with van der Waals surface area (Å²) in [6, 6.07) is 2.94. The van der Waals surface area contributed by atoms with Crippen LogP contribution in [0.3, 0.4) is 0 Å². The molecule has 1 aromatic carbocycles. The van der Waals surface area contributed by atoms with E-state index in [1.807, 2.05) is 0 Å². The van der Waals surface area contributed by atoms with Crippen LogP contribution in [0.25, 0.3) is 0 Å². The van der Waals surface area contributed by atoms with E-state index in [4.69, 9.17) is 11.6 Å². The highest BCUT2D eigenvalue weighted by molar-refractivity contribution is 6.34. The lowest BCUT2D eigenvalue weighted by Crippen LogP contribution is -1.99. The third kappa shape index (κ3) is 1.93. The molecule has 0 atom stereocenters. The predicted octanol–water partition coefficient (Wildman–Crippen LogP) is 3.79. The standard InChI is InChI=1S/C10H9ClF2O/c1-5-3-4-7(6(2)14)9(11)8(5)10(12)13/h3-4,10H,1-2H3. The third-order valence-electron chi connectivity index (χ3n) is 2.00. The summed E-state index contributed by atoms with van der Waals surface area (Å²) >= 11 is 5.70. The molecule has 0 aliphatic rings. The number of ketones is 1. The zero-order valence-corrected chi connectivity index (χ0v) is 8.53. The van der Waals surface area contributed by atoms with Gasteiger partial charge in [-0.1, -0.05) is 17.7 Å². The molecule has 4 heteroatoms. The molecule has 14 heavy (non-hydrogen) atoms. The molecule has 0 aliphatic heterocycles. The summed E-state index contributed by atoms with van der Waals surface area (Å²) in [5.41, 5.74) is 0.293. The van der Waals surface area contributed by atoms with Gasteiger partial charge in [0, 0.05) is 11.1 Å². The fraction of sp³-hybridized carbons (Fsp3) is 0.300. The largest absolute Gasteiger partial charge is 0.294 e. The predicted molar refractivity (Wildman–Crippen MR) is 51.2 cm³/mol. The van der Waals surface area contributed by atoms with Gasteiger partial charge < -0.3 is 0 Å². The maximum Gasteiger partial charge on any atom is 0.265 e. The highest BCUT2D eigenvalue weighted by Crippen LogP contribution is 2.32. The molecular formula is C10H9ClF2O. The van der Waals surface area contributed by atoms with Crippen molar-refractivity contribution in [3.05, 3.63) is 33.8 Å². The van der Waals surface area contributed by atoms with Crippen molar-refractivity contribution in [3.8, 4) is 0 Å². The van der Waals surface area contributed by atoms with E-state index in [9.17, 15) is 13.6 Å². The molecule has 1 nitrogen and oxygen atoms in total. The number of Topliss-reactive ketones (excluding diaryl/α,β-unsaturated/α-hetero) is 1. The number of carbonyl (C=O) groups excluding carboxylic acids is 1. The second kappa shape index (κ2) is 4.05. The molecule has 0 aromatic heterocycles. The van der Waals surface area contributed by atoms with E-state index in [1.165, 1.54) is 26.0 Å². The second-order valence-electron chi connectivity index (χ2n) is 3.01. The van der Waals surface area contributed by atoms with Crippen molar-refractivity contribution in [1.29, 1.82) is 0 Å². The van der Waals surface area contributed by atoms with E-state index < -0.39 is 6.43 Å². The van der Waals surface area contributed by atoms with Crippen LogP contribution >= 0.6 is 11.6 Å². The van der Waals surface area contributed by atoms with Gasteiger partial charge in [0.25, 0.3) is 6.43 Å². The van der Waals surface area contributed by atoms with Crippen molar-refractivity contribution in [2.75, 3.05) is 0 Å². The van der Waals surface area contributed by atoms with E-state index in [0.717, 1.165) is 0 Å². The molecule has 0 fully saturated rings. The smallest absolute Gasteiger partial charge is 0.265 e. The number of hydrogen-bond donors (Lipinski definition) is 0. The van der Waals surface area contributed by atoms with Gasteiger partial charge >= 0.3 is 0 Å². The maximum absolute atomic E-state index is 12.5. The Labute approximate surface area is 85.7 Å². The molecule has 0 amide bonds. The maximum atomic E-state index is 12.5. The van der Waals surface area contributed by atoms with Gasteiger partial charge in [-0.3, -0.25) is 4.79 Å². The summed E-state index contributed by atoms with van der Waals surface area (Å²) < 4.78 is 25.1. The fourth-order valence-electron chi connectivity index (χ4n) is 1.23. The SMILES string of the molecule is CC(=O)c1ccc(C)c(C(F)F)c1Cl. The molecular weight excluding hydrogens is 210 g/mol. The van der Waals surface area contributed by atoms with E-state index in [1.54, 1.807) is 0 Å². The minimum atomic E-state index is -2.65. The van der Waals surface area contributed by atoms with Crippen LogP contribution in [0.1, 0.15) is 34.8 Å². The lowest BCUT2D eigenvalue weighted by atomic mass is 10.0. The van der Waals surface area contributed by atoms with Crippen LogP contribution in [0.15, 0.2) is 12.1 Å². The lowest BCUT2D eigenvalue weighted by Gasteiger charge is -2.09. The number of carbonyl (C=O) groups is 1. The summed E-state index contributed by atoms with van der Waals surface area (Å²) in [5.74, 6) is -0.308. The van der Waals surface area contributed by atoms with Gasteiger partial charge in [0.2, 0.25) is 0 Å². The number of alkyl halides is 2. The molecule has 0 saturated heterocycles. The van der Waals surface area contributed by atoms with Gasteiger partial charge in [-0.15, -0.1) is 0 Å². The van der Waals surface area contributed by atoms with Crippen LogP contribution in [-0.2, 0) is 0 Å². The molecule has 0 N–H and O–H groups in total. The Hall–Kier alpha value is -0.960. The zero-order chi connectivity index (χ0) is 10.9. The van der Waals surface area contributed by atoms with Gasteiger partial charge in [0.05, 0.1) is 5.02 Å². The van der Waals surface area contributed by atoms with Crippen molar-refractivity contribution in [2.24, 2.45) is 0 Å². The number of aryl methyl sites for hydroxylation is 1. The van der Waals surface area contributed by atoms with Gasteiger partial charge in [-0.25, -0.2) is 8.78 Å². The number of halogens is 3. The number of hydrogen-bond acceptors (Lipinski definition) is 1. The third-order valence-corrected chi connectivity index (χ3v) is 2.40. The lowest BCUT2D eigenvalue weighted by molar-refractivity contribution is 0.101. The minimum Gasteiger partial charge on any atom is -0.294 e. The van der Waals surface area contributed by atoms with Crippen LogP contribution in [0.5, 0.6) is 0 Å².